The number of amides is 2. The van der Waals surface area contributed by atoms with Crippen LogP contribution in [0.2, 0.25) is 0 Å². The van der Waals surface area contributed by atoms with Gasteiger partial charge in [-0.3, -0.25) is 14.5 Å². The van der Waals surface area contributed by atoms with E-state index in [1.54, 1.807) is 17.0 Å². The van der Waals surface area contributed by atoms with E-state index in [-0.39, 0.29) is 24.0 Å². The van der Waals surface area contributed by atoms with Crippen molar-refractivity contribution in [2.75, 3.05) is 19.6 Å². The quantitative estimate of drug-likeness (QED) is 0.757. The molecule has 0 spiro atoms. The maximum Gasteiger partial charge on any atom is 0.254 e. The van der Waals surface area contributed by atoms with Gasteiger partial charge in [-0.2, -0.15) is 0 Å². The van der Waals surface area contributed by atoms with Crippen LogP contribution in [-0.2, 0) is 22.6 Å². The van der Waals surface area contributed by atoms with Crippen molar-refractivity contribution < 1.29 is 14.3 Å². The maximum absolute atomic E-state index is 13.0. The molecule has 0 aromatic heterocycles. The number of likely N-dealkylation sites (tertiary alicyclic amines) is 1. The predicted octanol–water partition coefficient (Wildman–Crippen LogP) is 3.22. The van der Waals surface area contributed by atoms with Crippen molar-refractivity contribution in [2.24, 2.45) is 0 Å². The fourth-order valence-electron chi connectivity index (χ4n) is 4.87. The molecule has 0 aliphatic carbocycles. The van der Waals surface area contributed by atoms with Crippen molar-refractivity contribution in [2.45, 2.75) is 58.0 Å². The molecule has 2 saturated heterocycles. The smallest absolute Gasteiger partial charge is 0.254 e. The zero-order valence-electron chi connectivity index (χ0n) is 19.0. The van der Waals surface area contributed by atoms with Crippen LogP contribution in [0.3, 0.4) is 0 Å². The summed E-state index contributed by atoms with van der Waals surface area (Å²) < 4.78 is 5.85. The molecule has 3 unspecified atom stereocenters. The number of hydrogen-bond acceptors (Lipinski definition) is 4. The van der Waals surface area contributed by atoms with Gasteiger partial charge < -0.3 is 15.0 Å². The average Bonchev–Trinajstić information content (AvgIpc) is 3.28. The molecule has 2 aliphatic heterocycles. The van der Waals surface area contributed by atoms with Gasteiger partial charge in [-0.1, -0.05) is 42.5 Å². The van der Waals surface area contributed by atoms with Crippen LogP contribution in [0.1, 0.15) is 48.2 Å². The lowest BCUT2D eigenvalue weighted by atomic mass is 10.1. The number of benzene rings is 2. The third-order valence-corrected chi connectivity index (χ3v) is 6.30. The van der Waals surface area contributed by atoms with Crippen LogP contribution in [0.4, 0.5) is 0 Å². The normalized spacial score (nSPS) is 23.8. The lowest BCUT2D eigenvalue weighted by Crippen LogP contribution is -2.46. The zero-order chi connectivity index (χ0) is 22.5. The molecule has 2 fully saturated rings. The summed E-state index contributed by atoms with van der Waals surface area (Å²) in [5.74, 6) is -0.144. The Hall–Kier alpha value is -2.70. The second-order valence-corrected chi connectivity index (χ2v) is 8.96. The van der Waals surface area contributed by atoms with Crippen LogP contribution >= 0.6 is 0 Å². The van der Waals surface area contributed by atoms with E-state index in [2.05, 4.69) is 36.2 Å². The summed E-state index contributed by atoms with van der Waals surface area (Å²) >= 11 is 0. The van der Waals surface area contributed by atoms with Gasteiger partial charge in [-0.15, -0.1) is 0 Å². The highest BCUT2D eigenvalue weighted by Crippen LogP contribution is 2.21. The van der Waals surface area contributed by atoms with Gasteiger partial charge in [0.05, 0.1) is 12.2 Å². The first-order valence-corrected chi connectivity index (χ1v) is 11.6. The lowest BCUT2D eigenvalue weighted by molar-refractivity contribution is -0.125. The van der Waals surface area contributed by atoms with E-state index in [1.165, 1.54) is 5.56 Å². The molecule has 0 bridgehead atoms. The third-order valence-electron chi connectivity index (χ3n) is 6.30. The summed E-state index contributed by atoms with van der Waals surface area (Å²) in [5, 5.41) is 3.10. The SMILES string of the molecule is CC1CN(Cc2ccccc2CNC(=O)C2CCCN2C(=O)c2ccccc2)CC(C)O1. The summed E-state index contributed by atoms with van der Waals surface area (Å²) in [6.45, 7) is 7.96. The van der Waals surface area contributed by atoms with Crippen molar-refractivity contribution >= 4 is 11.8 Å². The van der Waals surface area contributed by atoms with Crippen molar-refractivity contribution in [3.05, 3.63) is 71.3 Å². The molecule has 0 radical (unpaired) electrons. The predicted molar refractivity (Wildman–Crippen MR) is 124 cm³/mol. The number of rotatable bonds is 6. The summed E-state index contributed by atoms with van der Waals surface area (Å²) in [6.07, 6.45) is 2.00. The third kappa shape index (κ3) is 5.37. The minimum Gasteiger partial charge on any atom is -0.373 e. The first-order chi connectivity index (χ1) is 15.5. The molecule has 2 aromatic carbocycles. The number of hydrogen-bond donors (Lipinski definition) is 1. The molecule has 2 aliphatic rings. The Morgan fingerprint density at radius 1 is 0.969 bits per heavy atom. The molecule has 6 nitrogen and oxygen atoms in total. The first-order valence-electron chi connectivity index (χ1n) is 11.6. The van der Waals surface area contributed by atoms with Crippen molar-refractivity contribution in [1.29, 1.82) is 0 Å². The number of nitrogens with one attached hydrogen (secondary N) is 1. The Morgan fingerprint density at radius 3 is 2.34 bits per heavy atom. The fourth-order valence-corrected chi connectivity index (χ4v) is 4.87. The van der Waals surface area contributed by atoms with Crippen LogP contribution in [0.25, 0.3) is 0 Å². The van der Waals surface area contributed by atoms with E-state index in [4.69, 9.17) is 4.74 Å². The number of nitrogens with zero attached hydrogens (tertiary/aromatic N) is 2. The summed E-state index contributed by atoms with van der Waals surface area (Å²) in [6, 6.07) is 17.1. The number of carbonyl (C=O) groups excluding carboxylic acids is 2. The first kappa shape index (κ1) is 22.5. The Bertz CT molecular complexity index is 923. The van der Waals surface area contributed by atoms with Crippen molar-refractivity contribution in [1.82, 2.24) is 15.1 Å². The zero-order valence-corrected chi connectivity index (χ0v) is 19.0. The molecule has 2 amide bonds. The van der Waals surface area contributed by atoms with Crippen LogP contribution in [0.15, 0.2) is 54.6 Å². The number of morpholine rings is 1. The van der Waals surface area contributed by atoms with Crippen molar-refractivity contribution in [3.8, 4) is 0 Å². The Balaban J connectivity index is 1.38. The van der Waals surface area contributed by atoms with Crippen LogP contribution in [0.5, 0.6) is 0 Å². The minimum atomic E-state index is -0.407. The summed E-state index contributed by atoms with van der Waals surface area (Å²) in [7, 11) is 0. The van der Waals surface area contributed by atoms with E-state index >= 15 is 0 Å². The Morgan fingerprint density at radius 2 is 1.62 bits per heavy atom. The molecule has 32 heavy (non-hydrogen) atoms. The highest BCUT2D eigenvalue weighted by molar-refractivity contribution is 5.97. The topological polar surface area (TPSA) is 61.9 Å². The summed E-state index contributed by atoms with van der Waals surface area (Å²) in [5.41, 5.74) is 2.97. The molecule has 2 heterocycles. The molecule has 2 aromatic rings. The van der Waals surface area contributed by atoms with Gasteiger partial charge in [0.25, 0.3) is 5.91 Å². The van der Waals surface area contributed by atoms with Crippen LogP contribution in [0, 0.1) is 0 Å². The fraction of sp³-hybridized carbons (Fsp3) is 0.462. The standard InChI is InChI=1S/C26H33N3O3/c1-19-16-28(17-20(2)32-19)18-23-12-7-6-11-22(23)15-27-25(30)24-13-8-14-29(24)26(31)21-9-4-3-5-10-21/h3-7,9-12,19-20,24H,8,13-18H2,1-2H3,(H,27,30). The number of ether oxygens (including phenoxy) is 1. The molecular formula is C26H33N3O3. The van der Waals surface area contributed by atoms with Gasteiger partial charge in [0.15, 0.2) is 0 Å². The van der Waals surface area contributed by atoms with Crippen LogP contribution in [-0.4, -0.2) is 59.5 Å². The monoisotopic (exact) mass is 435 g/mol. The second kappa shape index (κ2) is 10.3. The van der Waals surface area contributed by atoms with Gasteiger partial charge >= 0.3 is 0 Å². The van der Waals surface area contributed by atoms with Crippen molar-refractivity contribution in [3.63, 3.8) is 0 Å². The highest BCUT2D eigenvalue weighted by atomic mass is 16.5. The molecule has 3 atom stereocenters. The Kier molecular flexibility index (Phi) is 7.22. The van der Waals surface area contributed by atoms with E-state index < -0.39 is 6.04 Å². The number of carbonyl (C=O) groups is 2. The Labute approximate surface area is 190 Å². The summed E-state index contributed by atoms with van der Waals surface area (Å²) in [4.78, 5) is 30.0. The molecule has 170 valence electrons. The highest BCUT2D eigenvalue weighted by Gasteiger charge is 2.34. The van der Waals surface area contributed by atoms with Gasteiger partial charge in [-0.05, 0) is 49.9 Å². The molecule has 1 N–H and O–H groups in total. The van der Waals surface area contributed by atoms with Gasteiger partial charge in [0.1, 0.15) is 6.04 Å². The largest absolute Gasteiger partial charge is 0.373 e. The van der Waals surface area contributed by atoms with Gasteiger partial charge in [-0.25, -0.2) is 0 Å². The van der Waals surface area contributed by atoms with Gasteiger partial charge in [0, 0.05) is 38.3 Å². The van der Waals surface area contributed by atoms with E-state index in [1.807, 2.05) is 30.3 Å². The maximum atomic E-state index is 13.0. The molecule has 6 heteroatoms. The van der Waals surface area contributed by atoms with E-state index in [0.29, 0.717) is 25.1 Å². The second-order valence-electron chi connectivity index (χ2n) is 8.96. The molecule has 4 rings (SSSR count). The van der Waals surface area contributed by atoms with Gasteiger partial charge in [0.2, 0.25) is 5.91 Å². The lowest BCUT2D eigenvalue weighted by Gasteiger charge is -2.35. The minimum absolute atomic E-state index is 0.0702. The molecule has 0 saturated carbocycles. The van der Waals surface area contributed by atoms with Crippen LogP contribution < -0.4 is 5.32 Å². The van der Waals surface area contributed by atoms with E-state index in [0.717, 1.165) is 31.6 Å². The average molecular weight is 436 g/mol. The van der Waals surface area contributed by atoms with E-state index in [9.17, 15) is 9.59 Å². The molecular weight excluding hydrogens is 402 g/mol.